The third kappa shape index (κ3) is 8.89. The number of aliphatic hydroxyl groups is 2. The van der Waals surface area contributed by atoms with Gasteiger partial charge in [-0.05, 0) is 95.6 Å². The van der Waals surface area contributed by atoms with Gasteiger partial charge in [-0.25, -0.2) is 19.2 Å². The maximum Gasteiger partial charge on any atom is 0.338 e. The van der Waals surface area contributed by atoms with E-state index in [2.05, 4.69) is 0 Å². The van der Waals surface area contributed by atoms with Gasteiger partial charge < -0.3 is 29.5 Å². The second kappa shape index (κ2) is 15.4. The van der Waals surface area contributed by atoms with Crippen molar-refractivity contribution in [2.75, 3.05) is 0 Å². The van der Waals surface area contributed by atoms with Gasteiger partial charge in [0.2, 0.25) is 0 Å². The highest BCUT2D eigenvalue weighted by atomic mass is 16.6. The number of carboxylic acid groups (broad SMARTS) is 1. The minimum Gasteiger partial charge on any atom is -0.478 e. The lowest BCUT2D eigenvalue weighted by Gasteiger charge is -2.65. The molecule has 0 radical (unpaired) electrons. The van der Waals surface area contributed by atoms with Gasteiger partial charge in [-0.15, -0.1) is 0 Å². The summed E-state index contributed by atoms with van der Waals surface area (Å²) in [6.45, 7) is 15.5. The first kappa shape index (κ1) is 39.7. The van der Waals surface area contributed by atoms with Gasteiger partial charge in [-0.3, -0.25) is 0 Å². The summed E-state index contributed by atoms with van der Waals surface area (Å²) < 4.78 is 18.2. The Kier molecular flexibility index (Phi) is 12.5. The first-order valence-electron chi connectivity index (χ1n) is 17.0. The van der Waals surface area contributed by atoms with Crippen LogP contribution in [0.5, 0.6) is 0 Å². The molecular weight excluding hydrogens is 628 g/mol. The van der Waals surface area contributed by atoms with E-state index in [9.17, 15) is 34.5 Å². The predicted octanol–water partition coefficient (Wildman–Crippen LogP) is 6.20. The maximum atomic E-state index is 13.3. The molecule has 1 aromatic rings. The van der Waals surface area contributed by atoms with Crippen LogP contribution in [0.15, 0.2) is 59.7 Å². The average Bonchev–Trinajstić information content (AvgIpc) is 3.02. The van der Waals surface area contributed by atoms with E-state index >= 15 is 0 Å². The quantitative estimate of drug-likeness (QED) is 0.132. The highest BCUT2D eigenvalue weighted by Crippen LogP contribution is 2.64. The molecule has 2 aliphatic rings. The van der Waals surface area contributed by atoms with Crippen molar-refractivity contribution in [2.45, 2.75) is 124 Å². The number of hydrogen-bond donors (Lipinski definition) is 3. The zero-order valence-electron chi connectivity index (χ0n) is 30.3. The van der Waals surface area contributed by atoms with Crippen molar-refractivity contribution in [3.05, 3.63) is 65.3 Å². The SMILES string of the molecule is CC=C(C)C(=O)OC1CC2(C)C(CC(OC(=O)C=Cc3ccccc3)C(C)(O)C2CCC(C)=CC(=O)O)C(C)(C)C1OC(=O)C(C)(O)CC. The second-order valence-electron chi connectivity index (χ2n) is 15.0. The van der Waals surface area contributed by atoms with E-state index in [4.69, 9.17) is 14.2 Å². The third-order valence-electron chi connectivity index (χ3n) is 11.1. The number of allylic oxidation sites excluding steroid dienone is 2. The van der Waals surface area contributed by atoms with E-state index in [1.807, 2.05) is 51.1 Å². The lowest BCUT2D eigenvalue weighted by Crippen LogP contribution is -2.69. The largest absolute Gasteiger partial charge is 0.478 e. The average molecular weight is 683 g/mol. The Morgan fingerprint density at radius 1 is 1.02 bits per heavy atom. The number of fused-ring (bicyclic) bond motifs is 1. The van der Waals surface area contributed by atoms with Gasteiger partial charge in [0.05, 0.1) is 0 Å². The van der Waals surface area contributed by atoms with E-state index in [1.165, 1.54) is 13.0 Å². The molecular formula is C39H54O10. The van der Waals surface area contributed by atoms with Crippen LogP contribution in [0, 0.1) is 22.7 Å². The van der Waals surface area contributed by atoms with Gasteiger partial charge in [0.15, 0.2) is 5.60 Å². The topological polar surface area (TPSA) is 157 Å². The van der Waals surface area contributed by atoms with Crippen molar-refractivity contribution in [3.63, 3.8) is 0 Å². The number of benzene rings is 1. The number of carbonyl (C=O) groups is 4. The Morgan fingerprint density at radius 2 is 1.65 bits per heavy atom. The lowest BCUT2D eigenvalue weighted by molar-refractivity contribution is -0.268. The molecule has 270 valence electrons. The number of ether oxygens (including phenoxy) is 3. The van der Waals surface area contributed by atoms with Crippen LogP contribution in [-0.2, 0) is 33.4 Å². The molecule has 2 fully saturated rings. The Balaban J connectivity index is 2.13. The maximum absolute atomic E-state index is 13.3. The number of rotatable bonds is 12. The smallest absolute Gasteiger partial charge is 0.338 e. The fraction of sp³-hybridized carbons (Fsp3) is 0.590. The fourth-order valence-electron chi connectivity index (χ4n) is 7.93. The summed E-state index contributed by atoms with van der Waals surface area (Å²) in [6.07, 6.45) is 3.96. The van der Waals surface area contributed by atoms with E-state index in [0.29, 0.717) is 24.0 Å². The number of carbonyl (C=O) groups excluding carboxylic acids is 3. The van der Waals surface area contributed by atoms with Crippen molar-refractivity contribution >= 4 is 30.0 Å². The molecule has 0 heterocycles. The van der Waals surface area contributed by atoms with Crippen LogP contribution in [0.1, 0.15) is 100.0 Å². The molecule has 3 rings (SSSR count). The van der Waals surface area contributed by atoms with Crippen molar-refractivity contribution in [3.8, 4) is 0 Å². The first-order chi connectivity index (χ1) is 22.7. The van der Waals surface area contributed by atoms with Gasteiger partial charge in [-0.2, -0.15) is 0 Å². The molecule has 0 spiro atoms. The van der Waals surface area contributed by atoms with Crippen molar-refractivity contribution in [1.29, 1.82) is 0 Å². The molecule has 1 aromatic carbocycles. The molecule has 0 bridgehead atoms. The van der Waals surface area contributed by atoms with E-state index in [1.54, 1.807) is 46.8 Å². The molecule has 3 N–H and O–H groups in total. The summed E-state index contributed by atoms with van der Waals surface area (Å²) in [7, 11) is 0. The summed E-state index contributed by atoms with van der Waals surface area (Å²) in [5, 5.41) is 32.5. The van der Waals surface area contributed by atoms with E-state index in [0.717, 1.165) is 11.6 Å². The minimum absolute atomic E-state index is 0.102. The van der Waals surface area contributed by atoms with Crippen LogP contribution in [0.2, 0.25) is 0 Å². The highest BCUT2D eigenvalue weighted by Gasteiger charge is 2.67. The Bertz CT molecular complexity index is 1470. The Labute approximate surface area is 290 Å². The molecule has 10 heteroatoms. The number of carboxylic acids is 1. The van der Waals surface area contributed by atoms with Gasteiger partial charge >= 0.3 is 23.9 Å². The van der Waals surface area contributed by atoms with Gasteiger partial charge in [0.25, 0.3) is 0 Å². The molecule has 0 amide bonds. The van der Waals surface area contributed by atoms with Gasteiger partial charge in [0, 0.05) is 23.1 Å². The molecule has 2 aliphatic carbocycles. The van der Waals surface area contributed by atoms with Crippen LogP contribution in [0.25, 0.3) is 6.08 Å². The minimum atomic E-state index is -1.78. The lowest BCUT2D eigenvalue weighted by atomic mass is 9.43. The molecule has 0 aliphatic heterocycles. The zero-order chi connectivity index (χ0) is 36.9. The summed E-state index contributed by atoms with van der Waals surface area (Å²) in [5.74, 6) is -4.07. The van der Waals surface area contributed by atoms with Crippen LogP contribution in [0.3, 0.4) is 0 Å². The first-order valence-corrected chi connectivity index (χ1v) is 17.0. The molecule has 49 heavy (non-hydrogen) atoms. The van der Waals surface area contributed by atoms with Gasteiger partial charge in [0.1, 0.15) is 23.9 Å². The van der Waals surface area contributed by atoms with Gasteiger partial charge in [-0.1, -0.05) is 69.7 Å². The zero-order valence-corrected chi connectivity index (χ0v) is 30.3. The van der Waals surface area contributed by atoms with E-state index in [-0.39, 0.29) is 25.2 Å². The van der Waals surface area contributed by atoms with E-state index < -0.39 is 70.1 Å². The van der Waals surface area contributed by atoms with Crippen molar-refractivity contribution in [2.24, 2.45) is 22.7 Å². The summed E-state index contributed by atoms with van der Waals surface area (Å²) in [4.78, 5) is 51.2. The molecule has 0 saturated heterocycles. The van der Waals surface area contributed by atoms with Crippen LogP contribution in [0.4, 0.5) is 0 Å². The van der Waals surface area contributed by atoms with Crippen LogP contribution < -0.4 is 0 Å². The summed E-state index contributed by atoms with van der Waals surface area (Å²) in [6, 6.07) is 9.26. The number of esters is 3. The second-order valence-corrected chi connectivity index (χ2v) is 15.0. The normalized spacial score (nSPS) is 31.3. The molecule has 0 aromatic heterocycles. The monoisotopic (exact) mass is 682 g/mol. The van der Waals surface area contributed by atoms with Crippen LogP contribution in [-0.4, -0.2) is 68.7 Å². The fourth-order valence-corrected chi connectivity index (χ4v) is 7.93. The Morgan fingerprint density at radius 3 is 2.22 bits per heavy atom. The standard InChI is InChI=1S/C39H54O10/c1-10-25(4)34(43)47-27-23-37(7)28(19-17-24(3)21-31(40)41)39(9,46)30(48-32(42)20-18-26-15-13-12-14-16-26)22-29(37)36(5,6)33(27)49-35(44)38(8,45)11-2/h10,12-16,18,20-21,27-30,33,45-46H,11,17,19,22-23H2,1-9H3,(H,40,41). The molecule has 8 unspecified atom stereocenters. The van der Waals surface area contributed by atoms with Crippen molar-refractivity contribution < 1.29 is 48.7 Å². The Hall–Kier alpha value is -3.76. The predicted molar refractivity (Wildman–Crippen MR) is 185 cm³/mol. The van der Waals surface area contributed by atoms with Crippen LogP contribution >= 0.6 is 0 Å². The summed E-state index contributed by atoms with van der Waals surface area (Å²) in [5.41, 5.74) is -3.28. The molecule has 10 nitrogen and oxygen atoms in total. The third-order valence-corrected chi connectivity index (χ3v) is 11.1. The number of aliphatic carboxylic acids is 1. The molecule has 2 saturated carbocycles. The molecule has 8 atom stereocenters. The van der Waals surface area contributed by atoms with Crippen molar-refractivity contribution in [1.82, 2.24) is 0 Å². The summed E-state index contributed by atoms with van der Waals surface area (Å²) >= 11 is 0. The number of hydrogen-bond acceptors (Lipinski definition) is 9. The highest BCUT2D eigenvalue weighted by molar-refractivity contribution is 5.88.